The smallest absolute Gasteiger partial charge is 0.178 e. The average molecular weight is 227 g/mol. The Morgan fingerprint density at radius 1 is 1.06 bits per heavy atom. The van der Waals surface area contributed by atoms with Gasteiger partial charge < -0.3 is 0 Å². The number of hydrogen-bond donors (Lipinski definition) is 0. The Morgan fingerprint density at radius 2 is 1.71 bits per heavy atom. The fourth-order valence-corrected chi connectivity index (χ4v) is 2.03. The van der Waals surface area contributed by atoms with Crippen LogP contribution in [-0.2, 0) is 15.3 Å². The van der Waals surface area contributed by atoms with Crippen molar-refractivity contribution in [3.8, 4) is 5.75 Å². The van der Waals surface area contributed by atoms with Crippen LogP contribution < -0.4 is 0 Å². The lowest BCUT2D eigenvalue weighted by Gasteiger charge is -2.28. The van der Waals surface area contributed by atoms with E-state index in [1.807, 2.05) is 24.3 Å². The van der Waals surface area contributed by atoms with Gasteiger partial charge in [-0.15, -0.1) is 0 Å². The van der Waals surface area contributed by atoms with E-state index < -0.39 is 0 Å². The lowest BCUT2D eigenvalue weighted by Crippen LogP contribution is -2.20. The van der Waals surface area contributed by atoms with Crippen molar-refractivity contribution in [1.29, 1.82) is 0 Å². The standard InChI is InChI=1S/C15H15O2/c1-15(2,11-3-7-13(16)8-4-11)12-5-9-14(17)10-6-12/h3-9H,10H2,1-2H3. The second kappa shape index (κ2) is 4.21. The highest BCUT2D eigenvalue weighted by molar-refractivity contribution is 5.92. The third-order valence-corrected chi connectivity index (χ3v) is 3.27. The summed E-state index contributed by atoms with van der Waals surface area (Å²) in [6.45, 7) is 4.19. The summed E-state index contributed by atoms with van der Waals surface area (Å²) >= 11 is 0. The molecule has 0 spiro atoms. The van der Waals surface area contributed by atoms with Gasteiger partial charge in [-0.3, -0.25) is 9.90 Å². The molecule has 2 rings (SSSR count). The Hall–Kier alpha value is -1.83. The normalized spacial score (nSPS) is 15.9. The predicted octanol–water partition coefficient (Wildman–Crippen LogP) is 3.56. The Labute approximate surface area is 101 Å². The molecule has 0 saturated heterocycles. The van der Waals surface area contributed by atoms with Gasteiger partial charge in [-0.05, 0) is 29.3 Å². The van der Waals surface area contributed by atoms with Gasteiger partial charge in [0.05, 0.1) is 0 Å². The molecule has 87 valence electrons. The Balaban J connectivity index is 2.33. The molecule has 0 N–H and O–H groups in total. The summed E-state index contributed by atoms with van der Waals surface area (Å²) in [6.07, 6.45) is 5.93. The maximum Gasteiger partial charge on any atom is 0.178 e. The molecule has 1 aromatic carbocycles. The largest absolute Gasteiger partial charge is 0.295 e. The van der Waals surface area contributed by atoms with Crippen molar-refractivity contribution in [1.82, 2.24) is 0 Å². The molecule has 0 aromatic heterocycles. The zero-order valence-electron chi connectivity index (χ0n) is 10.1. The summed E-state index contributed by atoms with van der Waals surface area (Å²) in [6, 6.07) is 6.87. The van der Waals surface area contributed by atoms with Crippen molar-refractivity contribution in [2.24, 2.45) is 0 Å². The molecule has 2 heteroatoms. The maximum absolute atomic E-state index is 11.1. The quantitative estimate of drug-likeness (QED) is 0.761. The number of ketones is 1. The molecule has 2 nitrogen and oxygen atoms in total. The molecule has 0 heterocycles. The van der Waals surface area contributed by atoms with Crippen molar-refractivity contribution in [2.75, 3.05) is 0 Å². The third-order valence-electron chi connectivity index (χ3n) is 3.27. The number of rotatable bonds is 2. The first-order valence-corrected chi connectivity index (χ1v) is 5.69. The van der Waals surface area contributed by atoms with Gasteiger partial charge in [-0.2, -0.15) is 0 Å². The minimum Gasteiger partial charge on any atom is -0.295 e. The third kappa shape index (κ3) is 2.31. The van der Waals surface area contributed by atoms with E-state index in [0.29, 0.717) is 6.42 Å². The average Bonchev–Trinajstić information content (AvgIpc) is 2.30. The van der Waals surface area contributed by atoms with Crippen LogP contribution in [0.25, 0.3) is 0 Å². The highest BCUT2D eigenvalue weighted by Crippen LogP contribution is 2.34. The van der Waals surface area contributed by atoms with Crippen LogP contribution in [0.4, 0.5) is 0 Å². The van der Waals surface area contributed by atoms with E-state index in [2.05, 4.69) is 13.8 Å². The lowest BCUT2D eigenvalue weighted by molar-refractivity contribution is -0.113. The van der Waals surface area contributed by atoms with Gasteiger partial charge in [-0.25, -0.2) is 0 Å². The predicted molar refractivity (Wildman–Crippen MR) is 66.4 cm³/mol. The Bertz CT molecular complexity index is 490. The summed E-state index contributed by atoms with van der Waals surface area (Å²) in [5, 5.41) is 11.1. The second-order valence-electron chi connectivity index (χ2n) is 4.81. The van der Waals surface area contributed by atoms with Gasteiger partial charge in [0.15, 0.2) is 11.5 Å². The minimum absolute atomic E-state index is 0.0212. The highest BCUT2D eigenvalue weighted by Gasteiger charge is 2.25. The SMILES string of the molecule is CC(C)(C1=CCC(=O)C=C1)c1ccc([O])cc1. The molecular formula is C15H15O2. The molecule has 0 amide bonds. The van der Waals surface area contributed by atoms with Gasteiger partial charge in [-0.1, -0.05) is 38.1 Å². The van der Waals surface area contributed by atoms with Crippen LogP contribution in [-0.4, -0.2) is 5.78 Å². The molecule has 1 aliphatic rings. The van der Waals surface area contributed by atoms with Crippen LogP contribution in [0.3, 0.4) is 0 Å². The van der Waals surface area contributed by atoms with E-state index in [9.17, 15) is 9.90 Å². The van der Waals surface area contributed by atoms with Crippen molar-refractivity contribution in [2.45, 2.75) is 25.7 Å². The van der Waals surface area contributed by atoms with E-state index in [-0.39, 0.29) is 16.9 Å². The summed E-state index contributed by atoms with van der Waals surface area (Å²) in [5.74, 6) is 0.160. The molecule has 0 atom stereocenters. The fourth-order valence-electron chi connectivity index (χ4n) is 2.03. The first-order chi connectivity index (χ1) is 8.00. The van der Waals surface area contributed by atoms with E-state index in [4.69, 9.17) is 0 Å². The summed E-state index contributed by atoms with van der Waals surface area (Å²) < 4.78 is 0. The van der Waals surface area contributed by atoms with Crippen LogP contribution >= 0.6 is 0 Å². The van der Waals surface area contributed by atoms with Crippen molar-refractivity contribution in [3.63, 3.8) is 0 Å². The van der Waals surface area contributed by atoms with Gasteiger partial charge in [0.2, 0.25) is 0 Å². The van der Waals surface area contributed by atoms with E-state index in [1.54, 1.807) is 18.2 Å². The zero-order chi connectivity index (χ0) is 12.5. The highest BCUT2D eigenvalue weighted by atomic mass is 16.3. The van der Waals surface area contributed by atoms with E-state index >= 15 is 0 Å². The number of carbonyl (C=O) groups excluding carboxylic acids is 1. The van der Waals surface area contributed by atoms with Crippen molar-refractivity contribution >= 4 is 5.78 Å². The number of allylic oxidation sites excluding steroid dienone is 4. The molecule has 0 aliphatic heterocycles. The molecule has 0 unspecified atom stereocenters. The second-order valence-corrected chi connectivity index (χ2v) is 4.81. The fraction of sp³-hybridized carbons (Fsp3) is 0.267. The van der Waals surface area contributed by atoms with Crippen LogP contribution in [0.15, 0.2) is 48.1 Å². The molecule has 1 aromatic rings. The van der Waals surface area contributed by atoms with Crippen molar-refractivity contribution in [3.05, 3.63) is 53.6 Å². The van der Waals surface area contributed by atoms with Crippen LogP contribution in [0.2, 0.25) is 0 Å². The van der Waals surface area contributed by atoms with Gasteiger partial charge in [0.1, 0.15) is 0 Å². The number of benzene rings is 1. The minimum atomic E-state index is -0.176. The monoisotopic (exact) mass is 227 g/mol. The lowest BCUT2D eigenvalue weighted by atomic mass is 9.76. The van der Waals surface area contributed by atoms with E-state index in [1.165, 1.54) is 0 Å². The summed E-state index contributed by atoms with van der Waals surface area (Å²) in [7, 11) is 0. The summed E-state index contributed by atoms with van der Waals surface area (Å²) in [4.78, 5) is 11.1. The topological polar surface area (TPSA) is 37.0 Å². The van der Waals surface area contributed by atoms with Crippen LogP contribution in [0, 0.1) is 0 Å². The molecule has 1 radical (unpaired) electrons. The van der Waals surface area contributed by atoms with E-state index in [0.717, 1.165) is 11.1 Å². The Kier molecular flexibility index (Phi) is 2.88. The molecule has 1 aliphatic carbocycles. The molecule has 0 saturated carbocycles. The van der Waals surface area contributed by atoms with Crippen molar-refractivity contribution < 1.29 is 9.90 Å². The maximum atomic E-state index is 11.1. The first kappa shape index (κ1) is 11.6. The summed E-state index contributed by atoms with van der Waals surface area (Å²) in [5.41, 5.74) is 2.03. The van der Waals surface area contributed by atoms with Gasteiger partial charge >= 0.3 is 0 Å². The Morgan fingerprint density at radius 3 is 2.24 bits per heavy atom. The molecule has 0 bridgehead atoms. The van der Waals surface area contributed by atoms with Gasteiger partial charge in [0.25, 0.3) is 0 Å². The van der Waals surface area contributed by atoms with Gasteiger partial charge in [0, 0.05) is 11.8 Å². The van der Waals surface area contributed by atoms with Crippen LogP contribution in [0.1, 0.15) is 25.8 Å². The molecule has 0 fully saturated rings. The van der Waals surface area contributed by atoms with Crippen LogP contribution in [0.5, 0.6) is 5.75 Å². The number of carbonyl (C=O) groups is 1. The molecular weight excluding hydrogens is 212 g/mol. The number of hydrogen-bond acceptors (Lipinski definition) is 1. The molecule has 17 heavy (non-hydrogen) atoms. The zero-order valence-corrected chi connectivity index (χ0v) is 10.1. The first-order valence-electron chi connectivity index (χ1n) is 5.69.